The van der Waals surface area contributed by atoms with Crippen molar-refractivity contribution in [3.63, 3.8) is 0 Å². The van der Waals surface area contributed by atoms with E-state index in [1.807, 2.05) is 31.0 Å². The van der Waals surface area contributed by atoms with Crippen molar-refractivity contribution in [1.29, 1.82) is 0 Å². The van der Waals surface area contributed by atoms with Crippen molar-refractivity contribution in [2.75, 3.05) is 49.6 Å². The average Bonchev–Trinajstić information content (AvgIpc) is 2.86. The average molecular weight is 461 g/mol. The van der Waals surface area contributed by atoms with Crippen molar-refractivity contribution in [1.82, 2.24) is 9.47 Å². The molecule has 0 radical (unpaired) electrons. The first-order valence-corrected chi connectivity index (χ1v) is 12.0. The molecule has 0 saturated carbocycles. The highest BCUT2D eigenvalue weighted by Crippen LogP contribution is 2.40. The number of hydrogen-bond donors (Lipinski definition) is 0. The van der Waals surface area contributed by atoms with Gasteiger partial charge >= 0.3 is 0 Å². The molecule has 0 spiro atoms. The summed E-state index contributed by atoms with van der Waals surface area (Å²) in [6.07, 6.45) is 2.09. The number of benzene rings is 2. The molecule has 2 aromatic carbocycles. The Morgan fingerprint density at radius 2 is 1.74 bits per heavy atom. The molecule has 1 aromatic heterocycles. The summed E-state index contributed by atoms with van der Waals surface area (Å²) in [5.74, 6) is 0.896. The monoisotopic (exact) mass is 460 g/mol. The number of piperazine rings is 1. The van der Waals surface area contributed by atoms with Gasteiger partial charge in [0.15, 0.2) is 0 Å². The Balaban J connectivity index is 1.54. The van der Waals surface area contributed by atoms with Crippen LogP contribution in [0.4, 0.5) is 17.1 Å². The number of pyridine rings is 1. The van der Waals surface area contributed by atoms with Crippen molar-refractivity contribution >= 4 is 33.9 Å². The van der Waals surface area contributed by atoms with Gasteiger partial charge in [-0.15, -0.1) is 0 Å². The summed E-state index contributed by atoms with van der Waals surface area (Å²) in [5, 5.41) is 1.05. The van der Waals surface area contributed by atoms with E-state index in [0.717, 1.165) is 73.5 Å². The topological polar surface area (TPSA) is 58.0 Å². The first-order valence-electron chi connectivity index (χ1n) is 12.0. The minimum Gasteiger partial charge on any atom is -0.497 e. The first kappa shape index (κ1) is 22.3. The van der Waals surface area contributed by atoms with Crippen LogP contribution in [0.25, 0.3) is 10.9 Å². The van der Waals surface area contributed by atoms with Crippen LogP contribution in [0.1, 0.15) is 24.5 Å². The first-order chi connectivity index (χ1) is 16.4. The summed E-state index contributed by atoms with van der Waals surface area (Å²) in [5.41, 5.74) is 6.44. The van der Waals surface area contributed by atoms with Crippen molar-refractivity contribution < 1.29 is 9.53 Å². The van der Waals surface area contributed by atoms with Crippen LogP contribution in [0.15, 0.2) is 41.2 Å². The lowest BCUT2D eigenvalue weighted by atomic mass is 9.98. The lowest BCUT2D eigenvalue weighted by Gasteiger charge is -2.37. The molecule has 178 valence electrons. The Kier molecular flexibility index (Phi) is 5.71. The molecule has 5 rings (SSSR count). The third kappa shape index (κ3) is 3.79. The third-order valence-corrected chi connectivity index (χ3v) is 7.27. The summed E-state index contributed by atoms with van der Waals surface area (Å²) < 4.78 is 7.33. The summed E-state index contributed by atoms with van der Waals surface area (Å²) >= 11 is 0. The quantitative estimate of drug-likeness (QED) is 0.598. The number of methoxy groups -OCH3 is 1. The molecule has 3 aromatic rings. The summed E-state index contributed by atoms with van der Waals surface area (Å²) in [6.45, 7) is 7.68. The van der Waals surface area contributed by atoms with Gasteiger partial charge in [0, 0.05) is 81.2 Å². The lowest BCUT2D eigenvalue weighted by Crippen LogP contribution is -2.48. The van der Waals surface area contributed by atoms with Crippen LogP contribution in [-0.4, -0.2) is 55.2 Å². The smallest absolute Gasteiger partial charge is 0.253 e. The number of anilines is 3. The minimum absolute atomic E-state index is 0.0141. The molecule has 0 aliphatic carbocycles. The van der Waals surface area contributed by atoms with E-state index in [9.17, 15) is 9.59 Å². The Hall–Kier alpha value is -3.48. The molecule has 0 atom stereocenters. The normalized spacial score (nSPS) is 16.1. The molecule has 3 heterocycles. The van der Waals surface area contributed by atoms with Gasteiger partial charge in [0.2, 0.25) is 5.91 Å². The third-order valence-electron chi connectivity index (χ3n) is 7.27. The number of carbonyl (C=O) groups is 1. The zero-order valence-electron chi connectivity index (χ0n) is 20.4. The van der Waals surface area contributed by atoms with Crippen molar-refractivity contribution in [2.45, 2.75) is 26.7 Å². The van der Waals surface area contributed by atoms with Gasteiger partial charge in [-0.3, -0.25) is 9.59 Å². The number of amides is 1. The molecule has 7 nitrogen and oxygen atoms in total. The minimum atomic E-state index is 0.0141. The van der Waals surface area contributed by atoms with Crippen LogP contribution < -0.4 is 20.1 Å². The molecular weight excluding hydrogens is 428 g/mol. The van der Waals surface area contributed by atoms with E-state index < -0.39 is 0 Å². The van der Waals surface area contributed by atoms with Gasteiger partial charge in [0.25, 0.3) is 5.56 Å². The Labute approximate surface area is 200 Å². The van der Waals surface area contributed by atoms with Gasteiger partial charge in [-0.2, -0.15) is 0 Å². The second kappa shape index (κ2) is 8.70. The standard InChI is InChI=1S/C27H32N4O3/c1-18-14-23-25(28(3)27(18)33)16-22(34-4)17-26(23)31-9-5-6-20-15-21(7-8-24(20)31)30-12-10-29(11-13-30)19(2)32/h7-8,14-17H,5-6,9-13H2,1-4H3. The number of hydrogen-bond acceptors (Lipinski definition) is 5. The van der Waals surface area contributed by atoms with Gasteiger partial charge < -0.3 is 24.0 Å². The van der Waals surface area contributed by atoms with E-state index in [2.05, 4.69) is 34.1 Å². The molecule has 7 heteroatoms. The maximum Gasteiger partial charge on any atom is 0.253 e. The summed E-state index contributed by atoms with van der Waals surface area (Å²) in [4.78, 5) is 30.9. The van der Waals surface area contributed by atoms with Crippen LogP contribution >= 0.6 is 0 Å². The zero-order chi connectivity index (χ0) is 24.0. The fourth-order valence-corrected chi connectivity index (χ4v) is 5.33. The number of aromatic nitrogens is 1. The highest BCUT2D eigenvalue weighted by Gasteiger charge is 2.24. The second-order valence-corrected chi connectivity index (χ2v) is 9.33. The number of nitrogens with zero attached hydrogens (tertiary/aromatic N) is 4. The number of rotatable bonds is 3. The molecule has 0 N–H and O–H groups in total. The molecule has 2 aliphatic rings. The van der Waals surface area contributed by atoms with Gasteiger partial charge in [-0.05, 0) is 49.6 Å². The zero-order valence-corrected chi connectivity index (χ0v) is 20.4. The summed E-state index contributed by atoms with van der Waals surface area (Å²) in [6, 6.07) is 12.8. The van der Waals surface area contributed by atoms with Crippen LogP contribution in [0, 0.1) is 6.92 Å². The van der Waals surface area contributed by atoms with E-state index in [0.29, 0.717) is 0 Å². The van der Waals surface area contributed by atoms with Crippen LogP contribution in [-0.2, 0) is 18.3 Å². The molecule has 0 bridgehead atoms. The predicted molar refractivity (Wildman–Crippen MR) is 137 cm³/mol. The van der Waals surface area contributed by atoms with Gasteiger partial charge in [0.1, 0.15) is 5.75 Å². The molecular formula is C27H32N4O3. The van der Waals surface area contributed by atoms with Gasteiger partial charge in [0.05, 0.1) is 18.3 Å². The molecule has 1 saturated heterocycles. The van der Waals surface area contributed by atoms with E-state index >= 15 is 0 Å². The van der Waals surface area contributed by atoms with E-state index in [4.69, 9.17) is 4.74 Å². The fraction of sp³-hybridized carbons (Fsp3) is 0.407. The van der Waals surface area contributed by atoms with Crippen LogP contribution in [0.5, 0.6) is 5.75 Å². The highest BCUT2D eigenvalue weighted by molar-refractivity contribution is 5.96. The van der Waals surface area contributed by atoms with Gasteiger partial charge in [-0.1, -0.05) is 0 Å². The van der Waals surface area contributed by atoms with E-state index in [1.165, 1.54) is 16.9 Å². The van der Waals surface area contributed by atoms with E-state index in [-0.39, 0.29) is 11.5 Å². The Morgan fingerprint density at radius 1 is 0.971 bits per heavy atom. The maximum absolute atomic E-state index is 12.6. The van der Waals surface area contributed by atoms with E-state index in [1.54, 1.807) is 18.6 Å². The summed E-state index contributed by atoms with van der Waals surface area (Å²) in [7, 11) is 3.49. The number of aryl methyl sites for hydroxylation is 3. The Bertz CT molecular complexity index is 1320. The predicted octanol–water partition coefficient (Wildman–Crippen LogP) is 3.61. The van der Waals surface area contributed by atoms with Crippen LogP contribution in [0.2, 0.25) is 0 Å². The molecule has 34 heavy (non-hydrogen) atoms. The van der Waals surface area contributed by atoms with Crippen molar-refractivity contribution in [3.05, 3.63) is 57.9 Å². The lowest BCUT2D eigenvalue weighted by molar-refractivity contribution is -0.129. The molecule has 1 amide bonds. The number of ether oxygens (including phenoxy) is 1. The SMILES string of the molecule is COc1cc(N2CCCc3cc(N4CCN(C(C)=O)CC4)ccc32)c2cc(C)c(=O)n(C)c2c1. The van der Waals surface area contributed by atoms with Crippen molar-refractivity contribution in [2.24, 2.45) is 7.05 Å². The maximum atomic E-state index is 12.6. The molecule has 2 aliphatic heterocycles. The van der Waals surface area contributed by atoms with Gasteiger partial charge in [-0.25, -0.2) is 0 Å². The second-order valence-electron chi connectivity index (χ2n) is 9.33. The largest absolute Gasteiger partial charge is 0.497 e. The van der Waals surface area contributed by atoms with Crippen LogP contribution in [0.3, 0.4) is 0 Å². The highest BCUT2D eigenvalue weighted by atomic mass is 16.5. The number of fused-ring (bicyclic) bond motifs is 2. The number of carbonyl (C=O) groups excluding carboxylic acids is 1. The Morgan fingerprint density at radius 3 is 2.44 bits per heavy atom. The molecule has 0 unspecified atom stereocenters. The molecule has 1 fully saturated rings. The fourth-order valence-electron chi connectivity index (χ4n) is 5.33. The van der Waals surface area contributed by atoms with Crippen molar-refractivity contribution in [3.8, 4) is 5.75 Å².